The van der Waals surface area contributed by atoms with Crippen molar-refractivity contribution in [2.24, 2.45) is 5.92 Å². The first-order chi connectivity index (χ1) is 14.6. The highest BCUT2D eigenvalue weighted by Gasteiger charge is 2.27. The number of hydrogen-bond acceptors (Lipinski definition) is 3. The smallest absolute Gasteiger partial charge is 0.298 e. The topological polar surface area (TPSA) is 66.1 Å². The van der Waals surface area contributed by atoms with Crippen molar-refractivity contribution in [3.8, 4) is 11.8 Å². The molecule has 1 N–H and O–H groups in total. The SMILES string of the molecule is O=C(CCc1ccnc2[nH]cc(Cl)c12)CC1CCN(C(=O)C#Cc2ccccc2)C1. The highest BCUT2D eigenvalue weighted by atomic mass is 35.5. The Labute approximate surface area is 180 Å². The number of H-pyrrole nitrogens is 1. The van der Waals surface area contributed by atoms with Crippen LogP contribution in [0.2, 0.25) is 5.02 Å². The molecule has 1 aromatic carbocycles. The molecule has 3 heterocycles. The lowest BCUT2D eigenvalue weighted by molar-refractivity contribution is -0.125. The van der Waals surface area contributed by atoms with Crippen LogP contribution in [0.1, 0.15) is 30.4 Å². The number of carbonyl (C=O) groups excluding carboxylic acids is 2. The molecule has 30 heavy (non-hydrogen) atoms. The lowest BCUT2D eigenvalue weighted by atomic mass is 9.97. The van der Waals surface area contributed by atoms with Gasteiger partial charge in [0.25, 0.3) is 5.91 Å². The summed E-state index contributed by atoms with van der Waals surface area (Å²) in [6, 6.07) is 11.4. The number of aromatic nitrogens is 2. The number of likely N-dealkylation sites (tertiary alicyclic amines) is 1. The second-order valence-corrected chi connectivity index (χ2v) is 8.00. The van der Waals surface area contributed by atoms with Crippen molar-refractivity contribution in [1.82, 2.24) is 14.9 Å². The molecule has 0 spiro atoms. The van der Waals surface area contributed by atoms with Gasteiger partial charge in [0.1, 0.15) is 11.4 Å². The minimum Gasteiger partial charge on any atom is -0.345 e. The molecular weight excluding hydrogens is 398 g/mol. The summed E-state index contributed by atoms with van der Waals surface area (Å²) in [5, 5.41) is 1.52. The number of pyridine rings is 1. The van der Waals surface area contributed by atoms with Crippen molar-refractivity contribution in [1.29, 1.82) is 0 Å². The maximum Gasteiger partial charge on any atom is 0.298 e. The Hall–Kier alpha value is -3.10. The van der Waals surface area contributed by atoms with Gasteiger partial charge in [-0.2, -0.15) is 0 Å². The molecule has 1 unspecified atom stereocenters. The standard InChI is InChI=1S/C24H22ClN3O2/c25-21-15-27-24-23(21)19(10-12-26-24)7-8-20(29)14-18-11-13-28(16-18)22(30)9-6-17-4-2-1-3-5-17/h1-5,10,12,15,18H,7-8,11,13-14,16H2,(H,26,27). The van der Waals surface area contributed by atoms with Crippen LogP contribution >= 0.6 is 11.6 Å². The molecule has 2 aromatic heterocycles. The molecule has 6 heteroatoms. The largest absolute Gasteiger partial charge is 0.345 e. The van der Waals surface area contributed by atoms with Crippen LogP contribution in [0.4, 0.5) is 0 Å². The zero-order valence-electron chi connectivity index (χ0n) is 16.5. The van der Waals surface area contributed by atoms with E-state index in [0.717, 1.165) is 28.6 Å². The van der Waals surface area contributed by atoms with Crippen LogP contribution < -0.4 is 0 Å². The van der Waals surface area contributed by atoms with E-state index < -0.39 is 0 Å². The quantitative estimate of drug-likeness (QED) is 0.635. The predicted molar refractivity (Wildman–Crippen MR) is 117 cm³/mol. The van der Waals surface area contributed by atoms with E-state index in [-0.39, 0.29) is 17.6 Å². The summed E-state index contributed by atoms with van der Waals surface area (Å²) in [5.74, 6) is 5.86. The maximum atomic E-state index is 12.5. The van der Waals surface area contributed by atoms with Gasteiger partial charge in [-0.25, -0.2) is 4.98 Å². The van der Waals surface area contributed by atoms with Gasteiger partial charge in [0.15, 0.2) is 0 Å². The number of benzene rings is 1. The monoisotopic (exact) mass is 419 g/mol. The van der Waals surface area contributed by atoms with Gasteiger partial charge >= 0.3 is 0 Å². The highest BCUT2D eigenvalue weighted by Crippen LogP contribution is 2.26. The number of Topliss-reactive ketones (excluding diaryl/α,β-unsaturated/α-hetero) is 1. The average Bonchev–Trinajstić information content (AvgIpc) is 3.38. The molecule has 0 saturated carbocycles. The molecule has 1 aliphatic rings. The van der Waals surface area contributed by atoms with Gasteiger partial charge in [-0.05, 0) is 42.5 Å². The van der Waals surface area contributed by atoms with E-state index in [9.17, 15) is 9.59 Å². The van der Waals surface area contributed by atoms with Crippen LogP contribution in [0.25, 0.3) is 11.0 Å². The van der Waals surface area contributed by atoms with Gasteiger partial charge in [-0.1, -0.05) is 35.7 Å². The summed E-state index contributed by atoms with van der Waals surface area (Å²) in [7, 11) is 0. The van der Waals surface area contributed by atoms with Gasteiger partial charge < -0.3 is 9.88 Å². The van der Waals surface area contributed by atoms with E-state index in [1.165, 1.54) is 0 Å². The number of hydrogen-bond donors (Lipinski definition) is 1. The summed E-state index contributed by atoms with van der Waals surface area (Å²) in [6.45, 7) is 1.25. The first-order valence-electron chi connectivity index (χ1n) is 10.1. The Bertz CT molecular complexity index is 1130. The third kappa shape index (κ3) is 4.72. The number of amides is 1. The molecular formula is C24H22ClN3O2. The fraction of sp³-hybridized carbons (Fsp3) is 0.292. The minimum atomic E-state index is -0.171. The number of ketones is 1. The number of carbonyl (C=O) groups is 2. The van der Waals surface area contributed by atoms with Gasteiger partial charge in [0.2, 0.25) is 0 Å². The molecule has 1 amide bonds. The Kier molecular flexibility index (Phi) is 6.15. The molecule has 152 valence electrons. The van der Waals surface area contributed by atoms with Crippen LogP contribution in [0, 0.1) is 17.8 Å². The number of aromatic amines is 1. The van der Waals surface area contributed by atoms with Crippen molar-refractivity contribution in [3.05, 3.63) is 64.9 Å². The summed E-state index contributed by atoms with van der Waals surface area (Å²) in [5.41, 5.74) is 2.59. The van der Waals surface area contributed by atoms with Crippen LogP contribution in [-0.4, -0.2) is 39.6 Å². The van der Waals surface area contributed by atoms with E-state index in [4.69, 9.17) is 11.6 Å². The number of nitrogens with one attached hydrogen (secondary N) is 1. The van der Waals surface area contributed by atoms with E-state index >= 15 is 0 Å². The number of halogens is 1. The van der Waals surface area contributed by atoms with E-state index in [0.29, 0.717) is 37.4 Å². The van der Waals surface area contributed by atoms with Crippen LogP contribution in [-0.2, 0) is 16.0 Å². The van der Waals surface area contributed by atoms with Crippen molar-refractivity contribution in [2.75, 3.05) is 13.1 Å². The van der Waals surface area contributed by atoms with E-state index in [1.54, 1.807) is 17.3 Å². The first-order valence-corrected chi connectivity index (χ1v) is 10.5. The van der Waals surface area contributed by atoms with Crippen molar-refractivity contribution in [3.63, 3.8) is 0 Å². The van der Waals surface area contributed by atoms with Crippen molar-refractivity contribution < 1.29 is 9.59 Å². The molecule has 0 bridgehead atoms. The predicted octanol–water partition coefficient (Wildman–Crippen LogP) is 4.01. The van der Waals surface area contributed by atoms with Crippen molar-refractivity contribution >= 4 is 34.3 Å². The average molecular weight is 420 g/mol. The first kappa shape index (κ1) is 20.2. The van der Waals surface area contributed by atoms with E-state index in [1.807, 2.05) is 36.4 Å². The Morgan fingerprint density at radius 1 is 1.23 bits per heavy atom. The third-order valence-electron chi connectivity index (χ3n) is 5.46. The number of nitrogens with zero attached hydrogens (tertiary/aromatic N) is 2. The summed E-state index contributed by atoms with van der Waals surface area (Å²) >= 11 is 6.24. The molecule has 4 rings (SSSR count). The number of aryl methyl sites for hydroxylation is 1. The second-order valence-electron chi connectivity index (χ2n) is 7.59. The number of fused-ring (bicyclic) bond motifs is 1. The second kappa shape index (κ2) is 9.15. The van der Waals surface area contributed by atoms with Gasteiger partial charge in [0.05, 0.1) is 5.02 Å². The molecule has 1 saturated heterocycles. The molecule has 1 atom stereocenters. The van der Waals surface area contributed by atoms with Gasteiger partial charge in [0, 0.05) is 55.2 Å². The zero-order chi connectivity index (χ0) is 20.9. The summed E-state index contributed by atoms with van der Waals surface area (Å²) in [6.07, 6.45) is 5.87. The Morgan fingerprint density at radius 2 is 2.07 bits per heavy atom. The maximum absolute atomic E-state index is 12.5. The minimum absolute atomic E-state index is 0.171. The molecule has 1 fully saturated rings. The highest BCUT2D eigenvalue weighted by molar-refractivity contribution is 6.35. The van der Waals surface area contributed by atoms with Gasteiger partial charge in [-0.15, -0.1) is 0 Å². The Balaban J connectivity index is 1.28. The molecule has 1 aliphatic heterocycles. The lowest BCUT2D eigenvalue weighted by Gasteiger charge is -2.13. The van der Waals surface area contributed by atoms with Gasteiger partial charge in [-0.3, -0.25) is 9.59 Å². The van der Waals surface area contributed by atoms with Crippen LogP contribution in [0.5, 0.6) is 0 Å². The Morgan fingerprint density at radius 3 is 2.90 bits per heavy atom. The fourth-order valence-electron chi connectivity index (χ4n) is 3.90. The molecule has 0 radical (unpaired) electrons. The number of rotatable bonds is 5. The summed E-state index contributed by atoms with van der Waals surface area (Å²) < 4.78 is 0. The molecule has 3 aromatic rings. The summed E-state index contributed by atoms with van der Waals surface area (Å²) in [4.78, 5) is 33.9. The third-order valence-corrected chi connectivity index (χ3v) is 5.76. The van der Waals surface area contributed by atoms with Crippen LogP contribution in [0.15, 0.2) is 48.8 Å². The molecule has 5 nitrogen and oxygen atoms in total. The fourth-order valence-corrected chi connectivity index (χ4v) is 4.16. The normalized spacial score (nSPS) is 15.8. The molecule has 0 aliphatic carbocycles. The zero-order valence-corrected chi connectivity index (χ0v) is 17.3. The van der Waals surface area contributed by atoms with Crippen molar-refractivity contribution in [2.45, 2.75) is 25.7 Å². The lowest BCUT2D eigenvalue weighted by Crippen LogP contribution is -2.27. The van der Waals surface area contributed by atoms with Crippen LogP contribution in [0.3, 0.4) is 0 Å². The van der Waals surface area contributed by atoms with E-state index in [2.05, 4.69) is 21.8 Å².